The molecule has 0 atom stereocenters. The number of hydrogen-bond acceptors (Lipinski definition) is 4. The quantitative estimate of drug-likeness (QED) is 0.667. The molecule has 1 N–H and O–H groups in total. The summed E-state index contributed by atoms with van der Waals surface area (Å²) < 4.78 is 1.10. The van der Waals surface area contributed by atoms with E-state index in [4.69, 9.17) is 39.9 Å². The van der Waals surface area contributed by atoms with Crippen molar-refractivity contribution in [3.63, 3.8) is 0 Å². The number of carbonyl (C=O) groups excluding carboxylic acids is 1. The van der Waals surface area contributed by atoms with Crippen LogP contribution in [0.4, 0.5) is 4.79 Å². The van der Waals surface area contributed by atoms with Gasteiger partial charge in [-0.15, -0.1) is 0 Å². The minimum absolute atomic E-state index is 0.136. The molecule has 160 valence electrons. The van der Waals surface area contributed by atoms with E-state index in [9.17, 15) is 9.59 Å². The highest BCUT2D eigenvalue weighted by Gasteiger charge is 2.41. The lowest BCUT2D eigenvalue weighted by Gasteiger charge is -2.39. The van der Waals surface area contributed by atoms with Crippen LogP contribution in [-0.2, 0) is 6.54 Å². The number of hydrogen-bond donors (Lipinski definition) is 1. The van der Waals surface area contributed by atoms with Gasteiger partial charge in [-0.1, -0.05) is 34.8 Å². The molecule has 1 spiro atoms. The molecule has 10 heteroatoms. The fourth-order valence-corrected chi connectivity index (χ4v) is 5.10. The Bertz CT molecular complexity index is 986. The summed E-state index contributed by atoms with van der Waals surface area (Å²) in [6, 6.07) is 4.55. The number of halogens is 3. The number of amides is 1. The first-order valence-electron chi connectivity index (χ1n) is 9.70. The third kappa shape index (κ3) is 4.30. The van der Waals surface area contributed by atoms with Crippen molar-refractivity contribution in [2.24, 2.45) is 5.41 Å². The topological polar surface area (TPSA) is 78.7 Å². The number of aromatic carboxylic acids is 1. The monoisotopic (exact) mass is 470 g/mol. The van der Waals surface area contributed by atoms with E-state index in [0.717, 1.165) is 42.6 Å². The van der Waals surface area contributed by atoms with Crippen molar-refractivity contribution in [3.8, 4) is 0 Å². The van der Waals surface area contributed by atoms with E-state index >= 15 is 0 Å². The second-order valence-corrected chi connectivity index (χ2v) is 9.26. The third-order valence-corrected chi connectivity index (χ3v) is 7.14. The van der Waals surface area contributed by atoms with Crippen molar-refractivity contribution in [3.05, 3.63) is 50.7 Å². The molecule has 1 aromatic carbocycles. The lowest BCUT2D eigenvalue weighted by molar-refractivity contribution is 0.0689. The third-order valence-electron chi connectivity index (χ3n) is 6.08. The fraction of sp³-hybridized carbons (Fsp3) is 0.450. The van der Waals surface area contributed by atoms with Gasteiger partial charge in [-0.25, -0.2) is 9.59 Å². The van der Waals surface area contributed by atoms with Gasteiger partial charge in [0.15, 0.2) is 5.69 Å². The average molecular weight is 472 g/mol. The number of benzene rings is 1. The van der Waals surface area contributed by atoms with Crippen molar-refractivity contribution in [2.45, 2.75) is 25.8 Å². The highest BCUT2D eigenvalue weighted by molar-refractivity contribution is 6.43. The van der Waals surface area contributed by atoms with E-state index in [1.165, 1.54) is 12.3 Å². The molecule has 30 heavy (non-hydrogen) atoms. The first-order valence-corrected chi connectivity index (χ1v) is 10.8. The van der Waals surface area contributed by atoms with Crippen molar-refractivity contribution >= 4 is 46.8 Å². The van der Waals surface area contributed by atoms with Gasteiger partial charge in [0.25, 0.3) is 0 Å². The number of likely N-dealkylation sites (tertiary alicyclic amines) is 2. The van der Waals surface area contributed by atoms with Gasteiger partial charge < -0.3 is 10.0 Å². The molecule has 1 aromatic heterocycles. The minimum Gasteiger partial charge on any atom is -0.476 e. The SMILES string of the molecule is O=C(O)c1ccn(C(=O)N2CCC3(CCN(Cc4cc(Cl)cc(Cl)c4Cl)C3)CC2)n1. The van der Waals surface area contributed by atoms with Crippen LogP contribution >= 0.6 is 34.8 Å². The first-order chi connectivity index (χ1) is 14.3. The van der Waals surface area contributed by atoms with Gasteiger partial charge in [0, 0.05) is 37.4 Å². The van der Waals surface area contributed by atoms with Gasteiger partial charge in [-0.05, 0) is 55.0 Å². The molecule has 2 saturated heterocycles. The Morgan fingerprint density at radius 3 is 2.47 bits per heavy atom. The minimum atomic E-state index is -1.15. The molecule has 2 aromatic rings. The maximum absolute atomic E-state index is 12.6. The predicted molar refractivity (Wildman–Crippen MR) is 115 cm³/mol. The Hall–Kier alpha value is -1.80. The average Bonchev–Trinajstić information content (AvgIpc) is 3.34. The number of nitrogens with zero attached hydrogens (tertiary/aromatic N) is 4. The van der Waals surface area contributed by atoms with Gasteiger partial charge in [0.2, 0.25) is 0 Å². The van der Waals surface area contributed by atoms with Crippen molar-refractivity contribution in [1.82, 2.24) is 19.6 Å². The largest absolute Gasteiger partial charge is 0.476 e. The zero-order chi connectivity index (χ0) is 21.5. The Kier molecular flexibility index (Phi) is 5.99. The van der Waals surface area contributed by atoms with Crippen LogP contribution in [0.25, 0.3) is 0 Å². The van der Waals surface area contributed by atoms with Crippen LogP contribution in [-0.4, -0.2) is 62.9 Å². The molecule has 4 rings (SSSR count). The summed E-state index contributed by atoms with van der Waals surface area (Å²) in [5.74, 6) is -1.15. The maximum Gasteiger partial charge on any atom is 0.356 e. The molecule has 0 unspecified atom stereocenters. The van der Waals surface area contributed by atoms with Gasteiger partial charge in [-0.2, -0.15) is 9.78 Å². The van der Waals surface area contributed by atoms with E-state index in [2.05, 4.69) is 10.00 Å². The molecule has 1 amide bonds. The van der Waals surface area contributed by atoms with E-state index in [1.807, 2.05) is 6.07 Å². The fourth-order valence-electron chi connectivity index (χ4n) is 4.40. The molecule has 2 fully saturated rings. The highest BCUT2D eigenvalue weighted by Crippen LogP contribution is 2.41. The molecular formula is C20H21Cl3N4O3. The number of carboxylic acids is 1. The molecule has 2 aliphatic heterocycles. The van der Waals surface area contributed by atoms with E-state index in [1.54, 1.807) is 11.0 Å². The van der Waals surface area contributed by atoms with E-state index in [0.29, 0.717) is 34.7 Å². The Morgan fingerprint density at radius 2 is 1.80 bits per heavy atom. The molecule has 3 heterocycles. The van der Waals surface area contributed by atoms with Crippen LogP contribution in [0.15, 0.2) is 24.4 Å². The summed E-state index contributed by atoms with van der Waals surface area (Å²) in [6.45, 7) is 3.82. The van der Waals surface area contributed by atoms with Crippen LogP contribution in [0.2, 0.25) is 15.1 Å². The lowest BCUT2D eigenvalue weighted by Crippen LogP contribution is -2.45. The zero-order valence-corrected chi connectivity index (χ0v) is 18.4. The number of carboxylic acid groups (broad SMARTS) is 1. The molecule has 0 saturated carbocycles. The smallest absolute Gasteiger partial charge is 0.356 e. The summed E-state index contributed by atoms with van der Waals surface area (Å²) in [5.41, 5.74) is 0.955. The van der Waals surface area contributed by atoms with Crippen LogP contribution in [0.5, 0.6) is 0 Å². The standard InChI is InChI=1S/C20H21Cl3N4O3/c21-14-9-13(17(23)15(22)10-14)11-25-6-2-20(12-25)3-7-26(8-4-20)19(30)27-5-1-16(24-27)18(28)29/h1,5,9-10H,2-4,6-8,11-12H2,(H,28,29). The van der Waals surface area contributed by atoms with Gasteiger partial charge in [0.1, 0.15) is 0 Å². The number of rotatable bonds is 3. The first kappa shape index (κ1) is 21.4. The molecule has 0 radical (unpaired) electrons. The van der Waals surface area contributed by atoms with E-state index in [-0.39, 0.29) is 17.1 Å². The Morgan fingerprint density at radius 1 is 1.10 bits per heavy atom. The Labute approximate surface area is 189 Å². The van der Waals surface area contributed by atoms with Gasteiger partial charge in [-0.3, -0.25) is 4.90 Å². The molecule has 2 aliphatic rings. The van der Waals surface area contributed by atoms with E-state index < -0.39 is 5.97 Å². The second kappa shape index (κ2) is 8.38. The molecule has 0 aliphatic carbocycles. The van der Waals surface area contributed by atoms with Crippen LogP contribution in [0.1, 0.15) is 35.3 Å². The van der Waals surface area contributed by atoms with Crippen molar-refractivity contribution < 1.29 is 14.7 Å². The van der Waals surface area contributed by atoms with Crippen LogP contribution in [0, 0.1) is 5.41 Å². The number of aromatic nitrogens is 2. The maximum atomic E-state index is 12.6. The zero-order valence-electron chi connectivity index (χ0n) is 16.2. The lowest BCUT2D eigenvalue weighted by atomic mass is 9.78. The van der Waals surface area contributed by atoms with Gasteiger partial charge in [0.05, 0.1) is 10.0 Å². The summed E-state index contributed by atoms with van der Waals surface area (Å²) in [4.78, 5) is 27.7. The van der Waals surface area contributed by atoms with Crippen molar-refractivity contribution in [2.75, 3.05) is 26.2 Å². The molecule has 0 bridgehead atoms. The Balaban J connectivity index is 1.36. The molecule has 7 nitrogen and oxygen atoms in total. The number of piperidine rings is 1. The summed E-state index contributed by atoms with van der Waals surface area (Å²) in [5, 5.41) is 14.4. The van der Waals surface area contributed by atoms with Crippen molar-refractivity contribution in [1.29, 1.82) is 0 Å². The summed E-state index contributed by atoms with van der Waals surface area (Å²) in [6.07, 6.45) is 4.25. The summed E-state index contributed by atoms with van der Waals surface area (Å²) in [7, 11) is 0. The van der Waals surface area contributed by atoms with Crippen LogP contribution in [0.3, 0.4) is 0 Å². The predicted octanol–water partition coefficient (Wildman–Crippen LogP) is 4.50. The summed E-state index contributed by atoms with van der Waals surface area (Å²) >= 11 is 18.6. The normalized spacial score (nSPS) is 18.8. The second-order valence-electron chi connectivity index (χ2n) is 8.04. The number of carbonyl (C=O) groups is 2. The highest BCUT2D eigenvalue weighted by atomic mass is 35.5. The van der Waals surface area contributed by atoms with Gasteiger partial charge >= 0.3 is 12.0 Å². The molecular weight excluding hydrogens is 451 g/mol. The van der Waals surface area contributed by atoms with Crippen LogP contribution < -0.4 is 0 Å².